The van der Waals surface area contributed by atoms with E-state index in [1.165, 1.54) is 17.0 Å². The molecule has 0 bridgehead atoms. The zero-order valence-electron chi connectivity index (χ0n) is 10.4. The summed E-state index contributed by atoms with van der Waals surface area (Å²) < 4.78 is 52.8. The van der Waals surface area contributed by atoms with Crippen LogP contribution in [0, 0.1) is 5.82 Å². The number of hydrogen-bond acceptors (Lipinski definition) is 2. The maximum absolute atomic E-state index is 13.6. The number of alkyl halides is 3. The van der Waals surface area contributed by atoms with Crippen LogP contribution in [0.2, 0.25) is 0 Å². The van der Waals surface area contributed by atoms with Gasteiger partial charge in [0.15, 0.2) is 5.82 Å². The average Bonchev–Trinajstić information content (AvgIpc) is 2.85. The summed E-state index contributed by atoms with van der Waals surface area (Å²) in [5.74, 6) is -1.97. The quantitative estimate of drug-likeness (QED) is 0.641. The molecule has 0 unspecified atom stereocenters. The molecule has 0 fully saturated rings. The van der Waals surface area contributed by atoms with Crippen LogP contribution in [0.15, 0.2) is 30.6 Å². The van der Waals surface area contributed by atoms with Crippen LogP contribution in [0.1, 0.15) is 28.7 Å². The van der Waals surface area contributed by atoms with E-state index in [2.05, 4.69) is 4.98 Å². The van der Waals surface area contributed by atoms with Crippen LogP contribution in [0.3, 0.4) is 0 Å². The molecule has 2 aromatic rings. The maximum atomic E-state index is 13.6. The summed E-state index contributed by atoms with van der Waals surface area (Å²) >= 11 is 0. The molecule has 2 rings (SSSR count). The first kappa shape index (κ1) is 14.2. The fourth-order valence-electron chi connectivity index (χ4n) is 1.77. The van der Waals surface area contributed by atoms with E-state index in [-0.39, 0.29) is 5.82 Å². The van der Waals surface area contributed by atoms with Gasteiger partial charge in [0.2, 0.25) is 5.78 Å². The number of hydrogen-bond donors (Lipinski definition) is 0. The van der Waals surface area contributed by atoms with Gasteiger partial charge in [-0.25, -0.2) is 9.37 Å². The summed E-state index contributed by atoms with van der Waals surface area (Å²) in [5, 5.41) is 0. The van der Waals surface area contributed by atoms with Gasteiger partial charge in [0.1, 0.15) is 5.82 Å². The highest BCUT2D eigenvalue weighted by Gasteiger charge is 2.32. The smallest absolute Gasteiger partial charge is 0.328 e. The van der Waals surface area contributed by atoms with Crippen LogP contribution < -0.4 is 0 Å². The molecule has 0 N–H and O–H groups in total. The van der Waals surface area contributed by atoms with Gasteiger partial charge >= 0.3 is 6.18 Å². The van der Waals surface area contributed by atoms with Crippen LogP contribution >= 0.6 is 0 Å². The number of imidazole rings is 1. The zero-order valence-corrected chi connectivity index (χ0v) is 10.4. The van der Waals surface area contributed by atoms with Crippen molar-refractivity contribution in [2.24, 2.45) is 0 Å². The van der Waals surface area contributed by atoms with Gasteiger partial charge in [-0.05, 0) is 25.1 Å². The van der Waals surface area contributed by atoms with E-state index in [4.69, 9.17) is 0 Å². The highest BCUT2D eigenvalue weighted by Crippen LogP contribution is 2.30. The molecular weight excluding hydrogens is 276 g/mol. The Morgan fingerprint density at radius 3 is 2.65 bits per heavy atom. The highest BCUT2D eigenvalue weighted by molar-refractivity contribution is 6.07. The number of aryl methyl sites for hydroxylation is 1. The van der Waals surface area contributed by atoms with E-state index in [0.29, 0.717) is 24.7 Å². The van der Waals surface area contributed by atoms with Crippen molar-refractivity contribution in [2.75, 3.05) is 0 Å². The molecule has 1 heterocycles. The van der Waals surface area contributed by atoms with Crippen molar-refractivity contribution in [1.82, 2.24) is 9.55 Å². The number of aromatic nitrogens is 2. The third kappa shape index (κ3) is 2.56. The fourth-order valence-corrected chi connectivity index (χ4v) is 1.77. The molecule has 0 radical (unpaired) electrons. The fraction of sp³-hybridized carbons (Fsp3) is 0.231. The Kier molecular flexibility index (Phi) is 3.61. The SMILES string of the molecule is CCn1ccnc1C(=O)c1cc(C(F)(F)F)ccc1F. The number of halogens is 4. The van der Waals surface area contributed by atoms with Gasteiger partial charge in [0.05, 0.1) is 11.1 Å². The van der Waals surface area contributed by atoms with E-state index in [1.807, 2.05) is 0 Å². The second-order valence-corrected chi connectivity index (χ2v) is 4.06. The van der Waals surface area contributed by atoms with Gasteiger partial charge in [-0.15, -0.1) is 0 Å². The molecule has 0 atom stereocenters. The average molecular weight is 286 g/mol. The Bertz CT molecular complexity index is 646. The molecule has 0 aliphatic carbocycles. The zero-order chi connectivity index (χ0) is 14.9. The van der Waals surface area contributed by atoms with Gasteiger partial charge < -0.3 is 4.57 Å². The van der Waals surface area contributed by atoms with E-state index >= 15 is 0 Å². The lowest BCUT2D eigenvalue weighted by molar-refractivity contribution is -0.137. The third-order valence-corrected chi connectivity index (χ3v) is 2.80. The predicted octanol–water partition coefficient (Wildman–Crippen LogP) is 3.29. The Labute approximate surface area is 111 Å². The van der Waals surface area contributed by atoms with Crippen molar-refractivity contribution in [1.29, 1.82) is 0 Å². The molecule has 0 amide bonds. The third-order valence-electron chi connectivity index (χ3n) is 2.80. The summed E-state index contributed by atoms with van der Waals surface area (Å²) in [4.78, 5) is 15.9. The lowest BCUT2D eigenvalue weighted by atomic mass is 10.1. The Morgan fingerprint density at radius 2 is 2.05 bits per heavy atom. The first-order chi connectivity index (χ1) is 9.34. The second-order valence-electron chi connectivity index (χ2n) is 4.06. The molecule has 0 saturated heterocycles. The number of carbonyl (C=O) groups excluding carboxylic acids is 1. The van der Waals surface area contributed by atoms with Crippen LogP contribution in [-0.4, -0.2) is 15.3 Å². The summed E-state index contributed by atoms with van der Waals surface area (Å²) in [5.41, 5.74) is -1.71. The molecule has 0 saturated carbocycles. The molecule has 1 aromatic heterocycles. The van der Waals surface area contributed by atoms with Crippen LogP contribution in [0.5, 0.6) is 0 Å². The Hall–Kier alpha value is -2.18. The Balaban J connectivity index is 2.50. The lowest BCUT2D eigenvalue weighted by Crippen LogP contribution is -2.14. The van der Waals surface area contributed by atoms with Crippen molar-refractivity contribution in [2.45, 2.75) is 19.6 Å². The minimum absolute atomic E-state index is 0.0919. The first-order valence-electron chi connectivity index (χ1n) is 5.77. The van der Waals surface area contributed by atoms with E-state index in [0.717, 1.165) is 0 Å². The molecule has 3 nitrogen and oxygen atoms in total. The molecule has 0 spiro atoms. The molecule has 7 heteroatoms. The number of carbonyl (C=O) groups is 1. The number of benzene rings is 1. The molecule has 106 valence electrons. The van der Waals surface area contributed by atoms with Crippen molar-refractivity contribution in [3.8, 4) is 0 Å². The van der Waals surface area contributed by atoms with E-state index < -0.39 is 28.9 Å². The minimum Gasteiger partial charge on any atom is -0.328 e. The van der Waals surface area contributed by atoms with Crippen molar-refractivity contribution in [3.05, 3.63) is 53.4 Å². The van der Waals surface area contributed by atoms with Gasteiger partial charge in [-0.3, -0.25) is 4.79 Å². The predicted molar refractivity (Wildman–Crippen MR) is 62.7 cm³/mol. The highest BCUT2D eigenvalue weighted by atomic mass is 19.4. The summed E-state index contributed by atoms with van der Waals surface area (Å²) in [6.45, 7) is 2.14. The Morgan fingerprint density at radius 1 is 1.35 bits per heavy atom. The van der Waals surface area contributed by atoms with Crippen LogP contribution in [0.4, 0.5) is 17.6 Å². The monoisotopic (exact) mass is 286 g/mol. The maximum Gasteiger partial charge on any atom is 0.416 e. The van der Waals surface area contributed by atoms with E-state index in [9.17, 15) is 22.4 Å². The van der Waals surface area contributed by atoms with Gasteiger partial charge in [-0.2, -0.15) is 13.2 Å². The molecule has 20 heavy (non-hydrogen) atoms. The second kappa shape index (κ2) is 5.07. The lowest BCUT2D eigenvalue weighted by Gasteiger charge is -2.09. The summed E-state index contributed by atoms with van der Waals surface area (Å²) in [6, 6.07) is 1.74. The van der Waals surface area contributed by atoms with Crippen molar-refractivity contribution >= 4 is 5.78 Å². The molecule has 0 aliphatic heterocycles. The van der Waals surface area contributed by atoms with Gasteiger partial charge in [-0.1, -0.05) is 0 Å². The first-order valence-corrected chi connectivity index (χ1v) is 5.77. The number of ketones is 1. The number of nitrogens with zero attached hydrogens (tertiary/aromatic N) is 2. The molecule has 0 aliphatic rings. The van der Waals surface area contributed by atoms with Crippen LogP contribution in [0.25, 0.3) is 0 Å². The van der Waals surface area contributed by atoms with Gasteiger partial charge in [0.25, 0.3) is 0 Å². The topological polar surface area (TPSA) is 34.9 Å². The van der Waals surface area contributed by atoms with Crippen molar-refractivity contribution < 1.29 is 22.4 Å². The normalized spacial score (nSPS) is 11.7. The largest absolute Gasteiger partial charge is 0.416 e. The molecular formula is C13H10F4N2O. The minimum atomic E-state index is -4.64. The summed E-state index contributed by atoms with van der Waals surface area (Å²) in [7, 11) is 0. The van der Waals surface area contributed by atoms with Crippen LogP contribution in [-0.2, 0) is 12.7 Å². The van der Waals surface area contributed by atoms with E-state index in [1.54, 1.807) is 6.92 Å². The number of rotatable bonds is 3. The molecule has 1 aromatic carbocycles. The standard InChI is InChI=1S/C13H10F4N2O/c1-2-19-6-5-18-12(19)11(20)9-7-8(13(15,16)17)3-4-10(9)14/h3-7H,2H2,1H3. The van der Waals surface area contributed by atoms with Crippen molar-refractivity contribution in [3.63, 3.8) is 0 Å². The van der Waals surface area contributed by atoms with Gasteiger partial charge in [0, 0.05) is 18.9 Å². The summed E-state index contributed by atoms with van der Waals surface area (Å²) in [6.07, 6.45) is -1.80.